The molecule has 0 aromatic heterocycles. The summed E-state index contributed by atoms with van der Waals surface area (Å²) in [5, 5.41) is 10.8. The van der Waals surface area contributed by atoms with Crippen LogP contribution < -0.4 is 9.80 Å². The zero-order valence-electron chi connectivity index (χ0n) is 16.5. The molecule has 7 nitrogen and oxygen atoms in total. The van der Waals surface area contributed by atoms with Crippen molar-refractivity contribution in [2.24, 2.45) is 5.92 Å². The van der Waals surface area contributed by atoms with E-state index in [0.717, 1.165) is 50.7 Å². The molecular weight excluding hydrogens is 356 g/mol. The molecule has 2 heterocycles. The van der Waals surface area contributed by atoms with Gasteiger partial charge in [-0.25, -0.2) is 0 Å². The second kappa shape index (κ2) is 8.47. The predicted octanol–water partition coefficient (Wildman–Crippen LogP) is 1.48. The number of nitro benzene ring substituents is 1. The van der Waals surface area contributed by atoms with E-state index in [1.54, 1.807) is 12.1 Å². The molecule has 4 rings (SSSR count). The Morgan fingerprint density at radius 3 is 2.43 bits per heavy atom. The Morgan fingerprint density at radius 2 is 1.71 bits per heavy atom. The molecule has 2 atom stereocenters. The van der Waals surface area contributed by atoms with Gasteiger partial charge in [0.05, 0.1) is 31.1 Å². The summed E-state index contributed by atoms with van der Waals surface area (Å²) in [6, 6.07) is 7.27. The van der Waals surface area contributed by atoms with Gasteiger partial charge in [-0.05, 0) is 43.7 Å². The molecule has 1 amide bonds. The Hall–Kier alpha value is -2.15. The van der Waals surface area contributed by atoms with Gasteiger partial charge < -0.3 is 14.7 Å². The smallest absolute Gasteiger partial charge is 0.278 e. The fourth-order valence-corrected chi connectivity index (χ4v) is 5.29. The molecule has 0 spiro atoms. The van der Waals surface area contributed by atoms with Crippen LogP contribution in [0.2, 0.25) is 0 Å². The van der Waals surface area contributed by atoms with Crippen LogP contribution in [0, 0.1) is 16.0 Å². The second-order valence-corrected chi connectivity index (χ2v) is 8.53. The Morgan fingerprint density at radius 1 is 1.04 bits per heavy atom. The van der Waals surface area contributed by atoms with Crippen molar-refractivity contribution >= 4 is 17.3 Å². The molecule has 1 aromatic carbocycles. The molecular formula is C21H31N4O3+. The summed E-state index contributed by atoms with van der Waals surface area (Å²) in [7, 11) is 0. The number of fused-ring (bicyclic) bond motifs is 1. The van der Waals surface area contributed by atoms with Gasteiger partial charge in [0.15, 0.2) is 6.54 Å². The number of nitrogens with zero attached hydrogens (tertiary/aromatic N) is 3. The quantitative estimate of drug-likeness (QED) is 0.628. The number of hydrogen-bond acceptors (Lipinski definition) is 4. The normalized spacial score (nSPS) is 26.0. The lowest BCUT2D eigenvalue weighted by atomic mass is 9.78. The van der Waals surface area contributed by atoms with Crippen LogP contribution in [0.4, 0.5) is 11.4 Å². The van der Waals surface area contributed by atoms with Crippen molar-refractivity contribution in [2.75, 3.05) is 44.2 Å². The lowest BCUT2D eigenvalue weighted by Gasteiger charge is -2.44. The van der Waals surface area contributed by atoms with Gasteiger partial charge in [0.25, 0.3) is 11.6 Å². The third kappa shape index (κ3) is 4.14. The molecule has 0 radical (unpaired) electrons. The number of likely N-dealkylation sites (tertiary alicyclic amines) is 1. The first-order chi connectivity index (χ1) is 13.6. The van der Waals surface area contributed by atoms with E-state index in [1.807, 2.05) is 12.1 Å². The number of nitrogens with one attached hydrogen (secondary N) is 1. The molecule has 0 unspecified atom stereocenters. The molecule has 152 valence electrons. The zero-order valence-corrected chi connectivity index (χ0v) is 16.5. The van der Waals surface area contributed by atoms with Crippen LogP contribution in [0.3, 0.4) is 0 Å². The molecule has 28 heavy (non-hydrogen) atoms. The summed E-state index contributed by atoms with van der Waals surface area (Å²) in [5.41, 5.74) is 1.15. The highest BCUT2D eigenvalue weighted by atomic mass is 16.6. The van der Waals surface area contributed by atoms with Gasteiger partial charge in [-0.1, -0.05) is 12.8 Å². The summed E-state index contributed by atoms with van der Waals surface area (Å²) in [6.45, 7) is 5.19. The number of hydrogen-bond donors (Lipinski definition) is 1. The van der Waals surface area contributed by atoms with Crippen LogP contribution in [0.5, 0.6) is 0 Å². The third-order valence-corrected chi connectivity index (χ3v) is 6.86. The van der Waals surface area contributed by atoms with Crippen molar-refractivity contribution in [3.63, 3.8) is 0 Å². The summed E-state index contributed by atoms with van der Waals surface area (Å²) in [5.74, 6) is 1.08. The van der Waals surface area contributed by atoms with E-state index in [2.05, 4.69) is 9.80 Å². The highest BCUT2D eigenvalue weighted by Crippen LogP contribution is 2.35. The standard InChI is InChI=1S/C21H30N4O3/c26-21(24-11-3-5-17-4-1-2-6-20(17)24)16-22-12-14-23(15-13-22)18-7-9-19(10-8-18)25(27)28/h7-10,17,20H,1-6,11-16H2/p+1/t17-,20+/m0/s1. The fraction of sp³-hybridized carbons (Fsp3) is 0.667. The van der Waals surface area contributed by atoms with Crippen molar-refractivity contribution in [3.8, 4) is 0 Å². The number of piperidine rings is 1. The Labute approximate surface area is 166 Å². The minimum atomic E-state index is -0.366. The molecule has 3 fully saturated rings. The lowest BCUT2D eigenvalue weighted by Crippen LogP contribution is -3.16. The van der Waals surface area contributed by atoms with E-state index in [0.29, 0.717) is 18.5 Å². The highest BCUT2D eigenvalue weighted by molar-refractivity contribution is 5.77. The van der Waals surface area contributed by atoms with Gasteiger partial charge in [-0.3, -0.25) is 14.9 Å². The number of nitro groups is 1. The number of benzene rings is 1. The summed E-state index contributed by atoms with van der Waals surface area (Å²) >= 11 is 0. The fourth-order valence-electron chi connectivity index (χ4n) is 5.29. The largest absolute Gasteiger partial charge is 0.360 e. The molecule has 2 saturated heterocycles. The average molecular weight is 388 g/mol. The number of rotatable bonds is 4. The molecule has 1 aromatic rings. The van der Waals surface area contributed by atoms with Crippen LogP contribution in [-0.4, -0.2) is 61.0 Å². The van der Waals surface area contributed by atoms with Crippen molar-refractivity contribution in [1.82, 2.24) is 4.90 Å². The van der Waals surface area contributed by atoms with Gasteiger partial charge in [0.2, 0.25) is 0 Å². The summed E-state index contributed by atoms with van der Waals surface area (Å²) in [4.78, 5) is 29.3. The maximum atomic E-state index is 13.0. The van der Waals surface area contributed by atoms with Crippen molar-refractivity contribution in [2.45, 2.75) is 44.6 Å². The summed E-state index contributed by atoms with van der Waals surface area (Å²) in [6.07, 6.45) is 7.56. The SMILES string of the molecule is O=C(C[NH+]1CCN(c2ccc([N+](=O)[O-])cc2)CC1)N1CCC[C@@H]2CCCC[C@H]21. The van der Waals surface area contributed by atoms with E-state index in [4.69, 9.17) is 0 Å². The third-order valence-electron chi connectivity index (χ3n) is 6.86. The van der Waals surface area contributed by atoms with E-state index in [9.17, 15) is 14.9 Å². The van der Waals surface area contributed by atoms with Crippen molar-refractivity contribution < 1.29 is 14.6 Å². The second-order valence-electron chi connectivity index (χ2n) is 8.53. The van der Waals surface area contributed by atoms with Gasteiger partial charge in [-0.15, -0.1) is 0 Å². The van der Waals surface area contributed by atoms with E-state index in [1.165, 1.54) is 37.0 Å². The molecule has 3 aliphatic rings. The van der Waals surface area contributed by atoms with Gasteiger partial charge in [0.1, 0.15) is 0 Å². The topological polar surface area (TPSA) is 71.1 Å². The first-order valence-corrected chi connectivity index (χ1v) is 10.7. The molecule has 1 aliphatic carbocycles. The Balaban J connectivity index is 1.29. The van der Waals surface area contributed by atoms with Crippen LogP contribution >= 0.6 is 0 Å². The van der Waals surface area contributed by atoms with E-state index >= 15 is 0 Å². The minimum absolute atomic E-state index is 0.126. The number of carbonyl (C=O) groups excluding carboxylic acids is 1. The Kier molecular flexibility index (Phi) is 5.80. The zero-order chi connectivity index (χ0) is 19.5. The first-order valence-electron chi connectivity index (χ1n) is 10.7. The monoisotopic (exact) mass is 387 g/mol. The van der Waals surface area contributed by atoms with Gasteiger partial charge in [0, 0.05) is 30.4 Å². The lowest BCUT2D eigenvalue weighted by molar-refractivity contribution is -0.892. The number of anilines is 1. The van der Waals surface area contributed by atoms with Crippen LogP contribution in [0.25, 0.3) is 0 Å². The van der Waals surface area contributed by atoms with Crippen LogP contribution in [0.15, 0.2) is 24.3 Å². The highest BCUT2D eigenvalue weighted by Gasteiger charge is 2.37. The van der Waals surface area contributed by atoms with E-state index in [-0.39, 0.29) is 10.6 Å². The Bertz CT molecular complexity index is 698. The molecule has 1 saturated carbocycles. The minimum Gasteiger partial charge on any atom is -0.360 e. The van der Waals surface area contributed by atoms with E-state index < -0.39 is 0 Å². The van der Waals surface area contributed by atoms with Crippen molar-refractivity contribution in [3.05, 3.63) is 34.4 Å². The average Bonchev–Trinajstić information content (AvgIpc) is 2.74. The maximum Gasteiger partial charge on any atom is 0.278 e. The first kappa shape index (κ1) is 19.2. The number of carbonyl (C=O) groups is 1. The van der Waals surface area contributed by atoms with Crippen LogP contribution in [-0.2, 0) is 4.79 Å². The number of non-ortho nitro benzene ring substituents is 1. The molecule has 7 heteroatoms. The van der Waals surface area contributed by atoms with Gasteiger partial charge in [-0.2, -0.15) is 0 Å². The number of piperazine rings is 1. The number of quaternary nitrogens is 1. The summed E-state index contributed by atoms with van der Waals surface area (Å²) < 4.78 is 0. The van der Waals surface area contributed by atoms with Crippen molar-refractivity contribution in [1.29, 1.82) is 0 Å². The molecule has 0 bridgehead atoms. The maximum absolute atomic E-state index is 13.0. The number of amides is 1. The van der Waals surface area contributed by atoms with Gasteiger partial charge >= 0.3 is 0 Å². The predicted molar refractivity (Wildman–Crippen MR) is 108 cm³/mol. The molecule has 1 N–H and O–H groups in total. The van der Waals surface area contributed by atoms with Crippen LogP contribution in [0.1, 0.15) is 38.5 Å². The molecule has 2 aliphatic heterocycles.